The Balaban J connectivity index is 2.14. The van der Waals surface area contributed by atoms with Gasteiger partial charge in [-0.15, -0.1) is 0 Å². The number of pyridine rings is 1. The fourth-order valence-corrected chi connectivity index (χ4v) is 3.90. The number of carbonyl (C=O) groups is 2. The van der Waals surface area contributed by atoms with Crippen LogP contribution in [-0.4, -0.2) is 30.9 Å². The fourth-order valence-electron chi connectivity index (χ4n) is 2.93. The van der Waals surface area contributed by atoms with Gasteiger partial charge in [0.1, 0.15) is 10.5 Å². The van der Waals surface area contributed by atoms with Gasteiger partial charge in [-0.3, -0.25) is 9.78 Å². The normalized spacial score (nSPS) is 13.3. The number of nitrogens with zero attached hydrogens (tertiary/aromatic N) is 1. The second-order valence-electron chi connectivity index (χ2n) is 8.46. The van der Waals surface area contributed by atoms with Crippen LogP contribution in [0.1, 0.15) is 47.5 Å². The molecule has 0 amide bonds. The number of benzene rings is 1. The molecule has 2 aromatic rings. The number of esters is 1. The SMILES string of the molecule is CC(C)C[C@H](CC(=O)OC(C)(C)C)C(=O)ONS(=O)(=O)c1cccc2cccnc12. The Morgan fingerprint density at radius 1 is 1.13 bits per heavy atom. The van der Waals surface area contributed by atoms with Gasteiger partial charge >= 0.3 is 11.9 Å². The molecule has 0 aliphatic rings. The van der Waals surface area contributed by atoms with E-state index in [0.29, 0.717) is 11.8 Å². The van der Waals surface area contributed by atoms with Crippen LogP contribution >= 0.6 is 0 Å². The molecule has 8 nitrogen and oxygen atoms in total. The molecule has 0 saturated heterocycles. The Morgan fingerprint density at radius 3 is 2.43 bits per heavy atom. The number of hydrogen-bond donors (Lipinski definition) is 1. The van der Waals surface area contributed by atoms with Gasteiger partial charge in [0.25, 0.3) is 10.0 Å². The van der Waals surface area contributed by atoms with Crippen molar-refractivity contribution in [1.29, 1.82) is 0 Å². The van der Waals surface area contributed by atoms with Crippen molar-refractivity contribution in [1.82, 2.24) is 9.87 Å². The van der Waals surface area contributed by atoms with Gasteiger partial charge in [0.2, 0.25) is 0 Å². The first-order valence-electron chi connectivity index (χ1n) is 9.67. The van der Waals surface area contributed by atoms with E-state index in [1.54, 1.807) is 45.0 Å². The van der Waals surface area contributed by atoms with Crippen molar-refractivity contribution in [3.05, 3.63) is 36.5 Å². The predicted octanol–water partition coefficient (Wildman–Crippen LogP) is 3.37. The zero-order valence-electron chi connectivity index (χ0n) is 17.8. The van der Waals surface area contributed by atoms with Crippen LogP contribution in [0.4, 0.5) is 0 Å². The summed E-state index contributed by atoms with van der Waals surface area (Å²) in [5.41, 5.74) is -0.428. The van der Waals surface area contributed by atoms with Crippen LogP contribution in [-0.2, 0) is 29.2 Å². The van der Waals surface area contributed by atoms with E-state index in [0.717, 1.165) is 0 Å². The average molecular weight is 437 g/mol. The number of aromatic nitrogens is 1. The minimum atomic E-state index is -4.17. The molecule has 1 N–H and O–H groups in total. The van der Waals surface area contributed by atoms with Gasteiger partial charge < -0.3 is 9.57 Å². The summed E-state index contributed by atoms with van der Waals surface area (Å²) in [6, 6.07) is 8.10. The lowest BCUT2D eigenvalue weighted by Gasteiger charge is -2.22. The first-order chi connectivity index (χ1) is 13.9. The van der Waals surface area contributed by atoms with E-state index >= 15 is 0 Å². The van der Waals surface area contributed by atoms with Gasteiger partial charge in [-0.25, -0.2) is 13.2 Å². The fraction of sp³-hybridized carbons (Fsp3) is 0.476. The zero-order chi connectivity index (χ0) is 22.5. The molecule has 0 aliphatic carbocycles. The van der Waals surface area contributed by atoms with Crippen LogP contribution in [0.15, 0.2) is 41.4 Å². The molecule has 2 rings (SSSR count). The predicted molar refractivity (Wildman–Crippen MR) is 112 cm³/mol. The molecule has 164 valence electrons. The van der Waals surface area contributed by atoms with Gasteiger partial charge in [0, 0.05) is 11.6 Å². The second kappa shape index (κ2) is 9.53. The number of carbonyl (C=O) groups excluding carboxylic acids is 2. The summed E-state index contributed by atoms with van der Waals surface area (Å²) < 4.78 is 30.6. The van der Waals surface area contributed by atoms with E-state index in [4.69, 9.17) is 9.57 Å². The topological polar surface area (TPSA) is 112 Å². The van der Waals surface area contributed by atoms with Crippen LogP contribution in [0, 0.1) is 11.8 Å². The highest BCUT2D eigenvalue weighted by Gasteiger charge is 2.29. The molecule has 9 heteroatoms. The van der Waals surface area contributed by atoms with Crippen molar-refractivity contribution < 1.29 is 27.6 Å². The third-order valence-electron chi connectivity index (χ3n) is 4.06. The van der Waals surface area contributed by atoms with E-state index in [9.17, 15) is 18.0 Å². The monoisotopic (exact) mass is 436 g/mol. The van der Waals surface area contributed by atoms with Gasteiger partial charge in [-0.1, -0.05) is 32.0 Å². The highest BCUT2D eigenvalue weighted by Crippen LogP contribution is 2.22. The molecule has 0 radical (unpaired) electrons. The van der Waals surface area contributed by atoms with Gasteiger partial charge in [-0.2, -0.15) is 0 Å². The molecule has 0 spiro atoms. The first kappa shape index (κ1) is 23.8. The molecule has 0 aliphatic heterocycles. The first-order valence-corrected chi connectivity index (χ1v) is 11.2. The van der Waals surface area contributed by atoms with E-state index in [1.807, 2.05) is 18.7 Å². The van der Waals surface area contributed by atoms with E-state index in [2.05, 4.69) is 4.98 Å². The van der Waals surface area contributed by atoms with Crippen LogP contribution in [0.3, 0.4) is 0 Å². The standard InChI is InChI=1S/C21H28N2O6S/c1-14(2)12-16(13-18(24)28-21(3,4)5)20(25)29-23-30(26,27)17-10-6-8-15-9-7-11-22-19(15)17/h6-11,14,16,23H,12-13H2,1-5H3/t16-/m1/s1. The number of nitrogens with one attached hydrogen (secondary N) is 1. The largest absolute Gasteiger partial charge is 0.460 e. The van der Waals surface area contributed by atoms with Crippen molar-refractivity contribution in [3.8, 4) is 0 Å². The molecular weight excluding hydrogens is 408 g/mol. The third kappa shape index (κ3) is 6.77. The lowest BCUT2D eigenvalue weighted by molar-refractivity contribution is -0.163. The lowest BCUT2D eigenvalue weighted by atomic mass is 9.94. The smallest absolute Gasteiger partial charge is 0.329 e. The highest BCUT2D eigenvalue weighted by molar-refractivity contribution is 7.89. The Kier molecular flexibility index (Phi) is 7.54. The maximum atomic E-state index is 12.7. The minimum Gasteiger partial charge on any atom is -0.460 e. The summed E-state index contributed by atoms with van der Waals surface area (Å²) in [6.07, 6.45) is 1.62. The molecule has 0 saturated carbocycles. The van der Waals surface area contributed by atoms with E-state index in [-0.39, 0.29) is 22.8 Å². The summed E-state index contributed by atoms with van der Waals surface area (Å²) in [5.74, 6) is -2.14. The maximum absolute atomic E-state index is 12.7. The van der Waals surface area contributed by atoms with Crippen molar-refractivity contribution in [2.45, 2.75) is 58.0 Å². The van der Waals surface area contributed by atoms with Gasteiger partial charge in [0.15, 0.2) is 0 Å². The zero-order valence-corrected chi connectivity index (χ0v) is 18.7. The summed E-state index contributed by atoms with van der Waals surface area (Å²) in [5, 5.41) is 0.634. The average Bonchev–Trinajstić information content (AvgIpc) is 2.63. The highest BCUT2D eigenvalue weighted by atomic mass is 32.2. The number of fused-ring (bicyclic) bond motifs is 1. The van der Waals surface area contributed by atoms with E-state index in [1.165, 1.54) is 12.3 Å². The molecule has 30 heavy (non-hydrogen) atoms. The van der Waals surface area contributed by atoms with Crippen LogP contribution in [0.25, 0.3) is 10.9 Å². The second-order valence-corrected chi connectivity index (χ2v) is 10.1. The van der Waals surface area contributed by atoms with Crippen molar-refractivity contribution >= 4 is 32.9 Å². The van der Waals surface area contributed by atoms with Gasteiger partial charge in [0.05, 0.1) is 17.9 Å². The van der Waals surface area contributed by atoms with Crippen LogP contribution < -0.4 is 4.89 Å². The Morgan fingerprint density at radius 2 is 1.80 bits per heavy atom. The number of ether oxygens (including phenoxy) is 1. The number of para-hydroxylation sites is 1. The Bertz CT molecular complexity index is 1010. The molecule has 1 atom stereocenters. The van der Waals surface area contributed by atoms with E-state index < -0.39 is 33.5 Å². The molecule has 1 aromatic carbocycles. The number of hydrogen-bond acceptors (Lipinski definition) is 7. The molecule has 0 bridgehead atoms. The molecular formula is C21H28N2O6S. The molecule has 0 unspecified atom stereocenters. The molecule has 1 aromatic heterocycles. The van der Waals surface area contributed by atoms with Crippen molar-refractivity contribution in [2.75, 3.05) is 0 Å². The van der Waals surface area contributed by atoms with Gasteiger partial charge in [-0.05, 0) is 50.1 Å². The summed E-state index contributed by atoms with van der Waals surface area (Å²) in [6.45, 7) is 8.97. The molecule has 0 fully saturated rings. The summed E-state index contributed by atoms with van der Waals surface area (Å²) in [7, 11) is -4.17. The molecule has 1 heterocycles. The van der Waals surface area contributed by atoms with Crippen molar-refractivity contribution in [3.63, 3.8) is 0 Å². The number of rotatable bonds is 8. The summed E-state index contributed by atoms with van der Waals surface area (Å²) in [4.78, 5) is 35.5. The number of sulfonamides is 1. The summed E-state index contributed by atoms with van der Waals surface area (Å²) >= 11 is 0. The van der Waals surface area contributed by atoms with Crippen LogP contribution in [0.5, 0.6) is 0 Å². The van der Waals surface area contributed by atoms with Crippen molar-refractivity contribution in [2.24, 2.45) is 11.8 Å². The van der Waals surface area contributed by atoms with Crippen LogP contribution in [0.2, 0.25) is 0 Å². The Labute approximate surface area is 177 Å². The quantitative estimate of drug-likeness (QED) is 0.499. The maximum Gasteiger partial charge on any atom is 0.329 e. The lowest BCUT2D eigenvalue weighted by Crippen LogP contribution is -2.33. The minimum absolute atomic E-state index is 0.0869. The Hall–Kier alpha value is -2.52. The third-order valence-corrected chi connectivity index (χ3v) is 5.27.